The highest BCUT2D eigenvalue weighted by Crippen LogP contribution is 2.20. The minimum absolute atomic E-state index is 0.0281. The standard InChI is InChI=1S/C15H25N3O/c1-10(2)9-18(11(3)4)15(19)13-8-12(5)6-7-14(13)17-16/h6-8,10-11,17H,9,16H2,1-5H3. The fourth-order valence-corrected chi connectivity index (χ4v) is 2.04. The second kappa shape index (κ2) is 6.57. The SMILES string of the molecule is Cc1ccc(NN)c(C(=O)N(CC(C)C)C(C)C)c1. The van der Waals surface area contributed by atoms with Crippen LogP contribution in [0.4, 0.5) is 5.69 Å². The molecule has 106 valence electrons. The Labute approximate surface area is 115 Å². The molecule has 0 unspecified atom stereocenters. The van der Waals surface area contributed by atoms with Crippen LogP contribution in [-0.4, -0.2) is 23.4 Å². The number of carbonyl (C=O) groups is 1. The molecular weight excluding hydrogens is 238 g/mol. The van der Waals surface area contributed by atoms with Crippen LogP contribution >= 0.6 is 0 Å². The number of rotatable bonds is 5. The topological polar surface area (TPSA) is 58.4 Å². The first-order chi connectivity index (χ1) is 8.86. The molecule has 0 spiro atoms. The zero-order valence-corrected chi connectivity index (χ0v) is 12.5. The highest BCUT2D eigenvalue weighted by Gasteiger charge is 2.22. The second-order valence-electron chi connectivity index (χ2n) is 5.64. The molecule has 0 atom stereocenters. The molecule has 0 aromatic heterocycles. The summed E-state index contributed by atoms with van der Waals surface area (Å²) in [5.74, 6) is 5.96. The van der Waals surface area contributed by atoms with E-state index in [2.05, 4.69) is 19.3 Å². The Morgan fingerprint density at radius 2 is 1.95 bits per heavy atom. The van der Waals surface area contributed by atoms with Crippen LogP contribution in [0.3, 0.4) is 0 Å². The minimum Gasteiger partial charge on any atom is -0.336 e. The number of hydrogen-bond acceptors (Lipinski definition) is 3. The van der Waals surface area contributed by atoms with E-state index in [0.717, 1.165) is 12.1 Å². The van der Waals surface area contributed by atoms with Crippen LogP contribution in [0.25, 0.3) is 0 Å². The second-order valence-corrected chi connectivity index (χ2v) is 5.64. The van der Waals surface area contributed by atoms with Gasteiger partial charge in [0.1, 0.15) is 0 Å². The molecule has 1 aromatic carbocycles. The molecule has 4 heteroatoms. The number of nitrogen functional groups attached to an aromatic ring is 1. The third-order valence-corrected chi connectivity index (χ3v) is 3.01. The lowest BCUT2D eigenvalue weighted by molar-refractivity contribution is 0.0683. The summed E-state index contributed by atoms with van der Waals surface area (Å²) in [4.78, 5) is 14.6. The van der Waals surface area contributed by atoms with Gasteiger partial charge in [-0.2, -0.15) is 0 Å². The summed E-state index contributed by atoms with van der Waals surface area (Å²) in [5.41, 5.74) is 4.96. The summed E-state index contributed by atoms with van der Waals surface area (Å²) >= 11 is 0. The van der Waals surface area contributed by atoms with Crippen LogP contribution in [0.15, 0.2) is 18.2 Å². The molecule has 0 radical (unpaired) electrons. The molecule has 1 rings (SSSR count). The predicted octanol–water partition coefficient (Wildman–Crippen LogP) is 2.79. The Hall–Kier alpha value is -1.55. The van der Waals surface area contributed by atoms with E-state index in [4.69, 9.17) is 5.84 Å². The van der Waals surface area contributed by atoms with Gasteiger partial charge in [0.2, 0.25) is 0 Å². The molecule has 0 saturated carbocycles. The van der Waals surface area contributed by atoms with Crippen LogP contribution in [0.2, 0.25) is 0 Å². The maximum atomic E-state index is 12.7. The van der Waals surface area contributed by atoms with Gasteiger partial charge < -0.3 is 10.3 Å². The van der Waals surface area contributed by atoms with E-state index < -0.39 is 0 Å². The molecule has 0 aliphatic carbocycles. The molecule has 0 heterocycles. The Kier molecular flexibility index (Phi) is 5.36. The molecule has 4 nitrogen and oxygen atoms in total. The number of nitrogens with two attached hydrogens (primary N) is 1. The van der Waals surface area contributed by atoms with Crippen molar-refractivity contribution in [2.75, 3.05) is 12.0 Å². The maximum absolute atomic E-state index is 12.7. The number of carbonyl (C=O) groups excluding carboxylic acids is 1. The van der Waals surface area contributed by atoms with Gasteiger partial charge in [-0.15, -0.1) is 0 Å². The van der Waals surface area contributed by atoms with Gasteiger partial charge in [0.05, 0.1) is 11.3 Å². The lowest BCUT2D eigenvalue weighted by atomic mass is 10.1. The van der Waals surface area contributed by atoms with Crippen molar-refractivity contribution >= 4 is 11.6 Å². The first-order valence-corrected chi connectivity index (χ1v) is 6.75. The molecule has 1 aromatic rings. The van der Waals surface area contributed by atoms with Crippen molar-refractivity contribution in [1.29, 1.82) is 0 Å². The molecule has 0 aliphatic heterocycles. The summed E-state index contributed by atoms with van der Waals surface area (Å²) < 4.78 is 0. The zero-order valence-electron chi connectivity index (χ0n) is 12.5. The Morgan fingerprint density at radius 3 is 2.42 bits per heavy atom. The number of nitrogens with one attached hydrogen (secondary N) is 1. The van der Waals surface area contributed by atoms with Gasteiger partial charge in [0, 0.05) is 12.6 Å². The van der Waals surface area contributed by atoms with Gasteiger partial charge >= 0.3 is 0 Å². The highest BCUT2D eigenvalue weighted by molar-refractivity contribution is 5.99. The zero-order chi connectivity index (χ0) is 14.6. The molecule has 3 N–H and O–H groups in total. The average Bonchev–Trinajstić information content (AvgIpc) is 2.34. The summed E-state index contributed by atoms with van der Waals surface area (Å²) in [5, 5.41) is 0. The highest BCUT2D eigenvalue weighted by atomic mass is 16.2. The smallest absolute Gasteiger partial charge is 0.256 e. The van der Waals surface area contributed by atoms with Gasteiger partial charge in [0.25, 0.3) is 5.91 Å². The van der Waals surface area contributed by atoms with Crippen molar-refractivity contribution in [1.82, 2.24) is 4.90 Å². The van der Waals surface area contributed by atoms with Crippen molar-refractivity contribution in [3.05, 3.63) is 29.3 Å². The fraction of sp³-hybridized carbons (Fsp3) is 0.533. The van der Waals surface area contributed by atoms with E-state index in [1.54, 1.807) is 0 Å². The van der Waals surface area contributed by atoms with Crippen molar-refractivity contribution in [2.24, 2.45) is 11.8 Å². The van der Waals surface area contributed by atoms with E-state index in [1.807, 2.05) is 43.9 Å². The number of nitrogens with zero attached hydrogens (tertiary/aromatic N) is 1. The van der Waals surface area contributed by atoms with Gasteiger partial charge in [0.15, 0.2) is 0 Å². The van der Waals surface area contributed by atoms with E-state index in [1.165, 1.54) is 0 Å². The van der Waals surface area contributed by atoms with Crippen LogP contribution in [0.5, 0.6) is 0 Å². The number of benzene rings is 1. The van der Waals surface area contributed by atoms with Gasteiger partial charge in [-0.1, -0.05) is 25.5 Å². The van der Waals surface area contributed by atoms with Crippen molar-refractivity contribution < 1.29 is 4.79 Å². The van der Waals surface area contributed by atoms with E-state index in [0.29, 0.717) is 17.2 Å². The van der Waals surface area contributed by atoms with Crippen molar-refractivity contribution in [3.63, 3.8) is 0 Å². The van der Waals surface area contributed by atoms with Gasteiger partial charge in [-0.25, -0.2) is 0 Å². The van der Waals surface area contributed by atoms with E-state index in [9.17, 15) is 4.79 Å². The molecule has 0 bridgehead atoms. The monoisotopic (exact) mass is 263 g/mol. The summed E-state index contributed by atoms with van der Waals surface area (Å²) in [6.07, 6.45) is 0. The van der Waals surface area contributed by atoms with E-state index >= 15 is 0 Å². The summed E-state index contributed by atoms with van der Waals surface area (Å²) in [6, 6.07) is 5.83. The number of hydrazine groups is 1. The molecule has 0 aliphatic rings. The third kappa shape index (κ3) is 3.96. The number of aryl methyl sites for hydroxylation is 1. The first-order valence-electron chi connectivity index (χ1n) is 6.75. The number of amides is 1. The van der Waals surface area contributed by atoms with Crippen molar-refractivity contribution in [3.8, 4) is 0 Å². The first kappa shape index (κ1) is 15.5. The lowest BCUT2D eigenvalue weighted by Gasteiger charge is -2.29. The largest absolute Gasteiger partial charge is 0.336 e. The Balaban J connectivity index is 3.12. The quantitative estimate of drug-likeness (QED) is 0.634. The van der Waals surface area contributed by atoms with Gasteiger partial charge in [-0.05, 0) is 38.8 Å². The van der Waals surface area contributed by atoms with Crippen LogP contribution in [0, 0.1) is 12.8 Å². The average molecular weight is 263 g/mol. The Bertz CT molecular complexity index is 441. The van der Waals surface area contributed by atoms with E-state index in [-0.39, 0.29) is 11.9 Å². The van der Waals surface area contributed by atoms with Crippen LogP contribution < -0.4 is 11.3 Å². The molecule has 19 heavy (non-hydrogen) atoms. The number of hydrogen-bond donors (Lipinski definition) is 2. The van der Waals surface area contributed by atoms with Crippen molar-refractivity contribution in [2.45, 2.75) is 40.7 Å². The molecule has 0 saturated heterocycles. The normalized spacial score (nSPS) is 10.9. The minimum atomic E-state index is 0.0281. The number of anilines is 1. The van der Waals surface area contributed by atoms with Crippen LogP contribution in [-0.2, 0) is 0 Å². The maximum Gasteiger partial charge on any atom is 0.256 e. The van der Waals surface area contributed by atoms with Gasteiger partial charge in [-0.3, -0.25) is 10.6 Å². The fourth-order valence-electron chi connectivity index (χ4n) is 2.04. The lowest BCUT2D eigenvalue weighted by Crippen LogP contribution is -2.40. The third-order valence-electron chi connectivity index (χ3n) is 3.01. The van der Waals surface area contributed by atoms with Crippen LogP contribution in [0.1, 0.15) is 43.6 Å². The summed E-state index contributed by atoms with van der Waals surface area (Å²) in [7, 11) is 0. The Morgan fingerprint density at radius 1 is 1.32 bits per heavy atom. The predicted molar refractivity (Wildman–Crippen MR) is 80.0 cm³/mol. The summed E-state index contributed by atoms with van der Waals surface area (Å²) in [6.45, 7) is 11.0. The molecule has 1 amide bonds. The molecular formula is C15H25N3O. The molecule has 0 fully saturated rings.